The fourth-order valence-corrected chi connectivity index (χ4v) is 2.14. The zero-order chi connectivity index (χ0) is 14.8. The fraction of sp³-hybridized carbons (Fsp3) is 0.167. The lowest BCUT2D eigenvalue weighted by atomic mass is 10.1. The number of hydrogen-bond acceptors (Lipinski definition) is 4. The Morgan fingerprint density at radius 2 is 2.15 bits per heavy atom. The van der Waals surface area contributed by atoms with Crippen LogP contribution in [0.4, 0.5) is 18.9 Å². The van der Waals surface area contributed by atoms with Crippen molar-refractivity contribution < 1.29 is 13.2 Å². The van der Waals surface area contributed by atoms with Gasteiger partial charge in [-0.15, -0.1) is 0 Å². The molecule has 2 aromatic rings. The van der Waals surface area contributed by atoms with Gasteiger partial charge in [0.1, 0.15) is 6.07 Å². The van der Waals surface area contributed by atoms with E-state index in [1.807, 2.05) is 0 Å². The van der Waals surface area contributed by atoms with E-state index in [0.29, 0.717) is 5.69 Å². The number of hydrogen-bond donors (Lipinski definition) is 2. The van der Waals surface area contributed by atoms with Crippen molar-refractivity contribution in [2.24, 2.45) is 0 Å². The highest BCUT2D eigenvalue weighted by molar-refractivity contribution is 7.07. The molecule has 0 bridgehead atoms. The molecule has 0 aliphatic carbocycles. The SMILES string of the molecule is N#Cc1cc(C(F)(F)F)ccc1NCc1csc(=O)[nH]1. The summed E-state index contributed by atoms with van der Waals surface area (Å²) in [5.41, 5.74) is -0.0859. The molecule has 0 saturated carbocycles. The highest BCUT2D eigenvalue weighted by atomic mass is 32.1. The molecule has 0 atom stereocenters. The van der Waals surface area contributed by atoms with E-state index in [9.17, 15) is 18.0 Å². The quantitative estimate of drug-likeness (QED) is 0.915. The van der Waals surface area contributed by atoms with Gasteiger partial charge in [-0.25, -0.2) is 0 Å². The lowest BCUT2D eigenvalue weighted by molar-refractivity contribution is -0.137. The first kappa shape index (κ1) is 14.1. The molecular formula is C12H8F3N3OS. The summed E-state index contributed by atoms with van der Waals surface area (Å²) in [5.74, 6) is 0. The van der Waals surface area contributed by atoms with Gasteiger partial charge in [-0.1, -0.05) is 11.3 Å². The number of aromatic nitrogens is 1. The number of halogens is 3. The Morgan fingerprint density at radius 1 is 1.40 bits per heavy atom. The highest BCUT2D eigenvalue weighted by Crippen LogP contribution is 2.31. The van der Waals surface area contributed by atoms with Crippen LogP contribution in [0.1, 0.15) is 16.8 Å². The molecule has 0 fully saturated rings. The standard InChI is InChI=1S/C12H8F3N3OS/c13-12(14,15)8-1-2-10(7(3-8)4-16)17-5-9-6-20-11(19)18-9/h1-3,6,17H,5H2,(H,18,19). The van der Waals surface area contributed by atoms with Gasteiger partial charge in [0, 0.05) is 11.1 Å². The van der Waals surface area contributed by atoms with Gasteiger partial charge in [0.25, 0.3) is 0 Å². The minimum Gasteiger partial charge on any atom is -0.378 e. The van der Waals surface area contributed by atoms with Gasteiger partial charge in [0.05, 0.1) is 23.4 Å². The molecule has 0 radical (unpaired) electrons. The molecule has 0 amide bonds. The van der Waals surface area contributed by atoms with E-state index in [1.54, 1.807) is 11.4 Å². The second kappa shape index (κ2) is 5.38. The number of aromatic amines is 1. The van der Waals surface area contributed by atoms with Crippen molar-refractivity contribution in [1.29, 1.82) is 5.26 Å². The first-order valence-electron chi connectivity index (χ1n) is 5.42. The van der Waals surface area contributed by atoms with E-state index >= 15 is 0 Å². The van der Waals surface area contributed by atoms with Crippen LogP contribution in [-0.2, 0) is 12.7 Å². The molecule has 0 unspecified atom stereocenters. The number of nitrogens with one attached hydrogen (secondary N) is 2. The molecule has 20 heavy (non-hydrogen) atoms. The summed E-state index contributed by atoms with van der Waals surface area (Å²) in [7, 11) is 0. The molecule has 0 aliphatic heterocycles. The molecule has 1 heterocycles. The van der Waals surface area contributed by atoms with Gasteiger partial charge >= 0.3 is 11.0 Å². The zero-order valence-electron chi connectivity index (χ0n) is 9.91. The van der Waals surface area contributed by atoms with Crippen molar-refractivity contribution in [3.05, 3.63) is 50.1 Å². The van der Waals surface area contributed by atoms with E-state index in [4.69, 9.17) is 5.26 Å². The van der Waals surface area contributed by atoms with Crippen molar-refractivity contribution in [1.82, 2.24) is 4.98 Å². The molecule has 1 aromatic carbocycles. The van der Waals surface area contributed by atoms with Crippen molar-refractivity contribution in [2.75, 3.05) is 5.32 Å². The zero-order valence-corrected chi connectivity index (χ0v) is 10.7. The molecule has 8 heteroatoms. The minimum atomic E-state index is -4.48. The van der Waals surface area contributed by atoms with Crippen LogP contribution < -0.4 is 10.2 Å². The average Bonchev–Trinajstić information content (AvgIpc) is 2.81. The predicted molar refractivity (Wildman–Crippen MR) is 68.4 cm³/mol. The molecule has 2 rings (SSSR count). The maximum Gasteiger partial charge on any atom is 0.416 e. The minimum absolute atomic E-state index is 0.0996. The summed E-state index contributed by atoms with van der Waals surface area (Å²) < 4.78 is 37.6. The van der Waals surface area contributed by atoms with Crippen LogP contribution in [0.2, 0.25) is 0 Å². The van der Waals surface area contributed by atoms with E-state index in [1.165, 1.54) is 6.07 Å². The maximum absolute atomic E-state index is 12.5. The molecule has 0 spiro atoms. The number of benzene rings is 1. The van der Waals surface area contributed by atoms with Crippen LogP contribution in [0.5, 0.6) is 0 Å². The van der Waals surface area contributed by atoms with Crippen LogP contribution in [0.15, 0.2) is 28.4 Å². The lowest BCUT2D eigenvalue weighted by Gasteiger charge is -2.11. The summed E-state index contributed by atoms with van der Waals surface area (Å²) in [4.78, 5) is 13.3. The van der Waals surface area contributed by atoms with Crippen LogP contribution in [0.3, 0.4) is 0 Å². The van der Waals surface area contributed by atoms with Crippen LogP contribution in [0.25, 0.3) is 0 Å². The van der Waals surface area contributed by atoms with Crippen LogP contribution in [0, 0.1) is 11.3 Å². The molecule has 0 aliphatic rings. The first-order valence-corrected chi connectivity index (χ1v) is 6.30. The lowest BCUT2D eigenvalue weighted by Crippen LogP contribution is -2.08. The summed E-state index contributed by atoms with van der Waals surface area (Å²) in [6.07, 6.45) is -4.48. The first-order chi connectivity index (χ1) is 9.40. The largest absolute Gasteiger partial charge is 0.416 e. The summed E-state index contributed by atoms with van der Waals surface area (Å²) in [5, 5.41) is 13.3. The third-order valence-corrected chi connectivity index (χ3v) is 3.23. The fourth-order valence-electron chi connectivity index (χ4n) is 1.56. The van der Waals surface area contributed by atoms with Crippen LogP contribution >= 0.6 is 11.3 Å². The van der Waals surface area contributed by atoms with Gasteiger partial charge < -0.3 is 10.3 Å². The highest BCUT2D eigenvalue weighted by Gasteiger charge is 2.31. The monoisotopic (exact) mass is 299 g/mol. The molecule has 2 N–H and O–H groups in total. The number of anilines is 1. The molecular weight excluding hydrogens is 291 g/mol. The molecule has 104 valence electrons. The van der Waals surface area contributed by atoms with Crippen molar-refractivity contribution >= 4 is 17.0 Å². The Balaban J connectivity index is 2.20. The van der Waals surface area contributed by atoms with Crippen LogP contribution in [-0.4, -0.2) is 4.98 Å². The van der Waals surface area contributed by atoms with Gasteiger partial charge in [-0.2, -0.15) is 18.4 Å². The molecule has 0 saturated heterocycles. The second-order valence-corrected chi connectivity index (χ2v) is 4.74. The summed E-state index contributed by atoms with van der Waals surface area (Å²) in [6.45, 7) is 0.221. The Bertz CT molecular complexity index is 712. The third kappa shape index (κ3) is 3.19. The average molecular weight is 299 g/mol. The number of H-pyrrole nitrogens is 1. The van der Waals surface area contributed by atoms with Gasteiger partial charge in [-0.05, 0) is 18.2 Å². The normalized spacial score (nSPS) is 11.1. The van der Waals surface area contributed by atoms with E-state index in [2.05, 4.69) is 10.3 Å². The predicted octanol–water partition coefficient (Wildman–Crippen LogP) is 2.94. The third-order valence-electron chi connectivity index (χ3n) is 2.51. The van der Waals surface area contributed by atoms with E-state index in [0.717, 1.165) is 23.5 Å². The number of thiazole rings is 1. The van der Waals surface area contributed by atoms with Gasteiger partial charge in [0.2, 0.25) is 0 Å². The van der Waals surface area contributed by atoms with Crippen molar-refractivity contribution in [2.45, 2.75) is 12.7 Å². The second-order valence-electron chi connectivity index (χ2n) is 3.90. The number of nitriles is 1. The Hall–Kier alpha value is -2.27. The van der Waals surface area contributed by atoms with Crippen molar-refractivity contribution in [3.63, 3.8) is 0 Å². The summed E-state index contributed by atoms with van der Waals surface area (Å²) >= 11 is 0.990. The number of rotatable bonds is 3. The molecule has 4 nitrogen and oxygen atoms in total. The Morgan fingerprint density at radius 3 is 2.70 bits per heavy atom. The topological polar surface area (TPSA) is 68.7 Å². The number of nitrogens with zero attached hydrogens (tertiary/aromatic N) is 1. The van der Waals surface area contributed by atoms with Crippen molar-refractivity contribution in [3.8, 4) is 6.07 Å². The number of alkyl halides is 3. The van der Waals surface area contributed by atoms with Gasteiger partial charge in [-0.3, -0.25) is 4.79 Å². The maximum atomic E-state index is 12.5. The van der Waals surface area contributed by atoms with E-state index in [-0.39, 0.29) is 22.7 Å². The Labute approximate surface area is 115 Å². The molecule has 1 aromatic heterocycles. The Kier molecular flexibility index (Phi) is 3.81. The summed E-state index contributed by atoms with van der Waals surface area (Å²) in [6, 6.07) is 4.61. The van der Waals surface area contributed by atoms with Gasteiger partial charge in [0.15, 0.2) is 0 Å². The smallest absolute Gasteiger partial charge is 0.378 e. The van der Waals surface area contributed by atoms with E-state index < -0.39 is 11.7 Å².